The Hall–Kier alpha value is -1.85. The lowest BCUT2D eigenvalue weighted by Gasteiger charge is -2.33. The Morgan fingerprint density at radius 1 is 1.07 bits per heavy atom. The molecule has 1 aromatic carbocycles. The quantitative estimate of drug-likeness (QED) is 0.715. The van der Waals surface area contributed by atoms with E-state index in [1.807, 2.05) is 0 Å². The maximum Gasteiger partial charge on any atom is 0.321 e. The van der Waals surface area contributed by atoms with Gasteiger partial charge in [0.15, 0.2) is 0 Å². The van der Waals surface area contributed by atoms with Crippen LogP contribution in [0.1, 0.15) is 40.0 Å². The molecule has 11 heteroatoms. The zero-order valence-electron chi connectivity index (χ0n) is 17.6. The molecule has 2 heterocycles. The monoisotopic (exact) mass is 458 g/mol. The highest BCUT2D eigenvalue weighted by Crippen LogP contribution is 2.25. The lowest BCUT2D eigenvalue weighted by atomic mass is 10.1. The zero-order valence-corrected chi connectivity index (χ0v) is 19.2. The first-order valence-corrected chi connectivity index (χ1v) is 13.2. The Morgan fingerprint density at radius 3 is 2.17 bits per heavy atom. The Morgan fingerprint density at radius 2 is 1.67 bits per heavy atom. The zero-order chi connectivity index (χ0) is 22.2. The largest absolute Gasteiger partial charge is 0.324 e. The fourth-order valence-corrected chi connectivity index (χ4v) is 6.03. The van der Waals surface area contributed by atoms with Crippen molar-refractivity contribution in [3.05, 3.63) is 24.3 Å². The van der Waals surface area contributed by atoms with Crippen LogP contribution in [-0.2, 0) is 20.0 Å². The standard InChI is InChI=1S/C19H30N4O5S2/c1-19(2,3)30(27,28)21-16-9-12-22(13-10-16)18(24)20-15-5-7-17(8-6-15)23-11-4-14-29(23,25)26/h5-8,16,21H,4,9-14H2,1-3H3,(H,20,24). The number of sulfonamides is 2. The molecule has 9 nitrogen and oxygen atoms in total. The maximum absolute atomic E-state index is 12.5. The molecule has 3 rings (SSSR count). The van der Waals surface area contributed by atoms with Crippen molar-refractivity contribution in [3.63, 3.8) is 0 Å². The molecule has 168 valence electrons. The molecule has 2 fully saturated rings. The number of nitrogens with one attached hydrogen (secondary N) is 2. The van der Waals surface area contributed by atoms with E-state index in [2.05, 4.69) is 10.0 Å². The number of likely N-dealkylation sites (tertiary alicyclic amines) is 1. The highest BCUT2D eigenvalue weighted by molar-refractivity contribution is 7.93. The Kier molecular flexibility index (Phi) is 6.35. The van der Waals surface area contributed by atoms with Crippen molar-refractivity contribution in [1.82, 2.24) is 9.62 Å². The van der Waals surface area contributed by atoms with Gasteiger partial charge in [0.1, 0.15) is 0 Å². The molecule has 0 saturated carbocycles. The third-order valence-corrected chi connectivity index (χ3v) is 9.54. The number of carbonyl (C=O) groups excluding carboxylic acids is 1. The summed E-state index contributed by atoms with van der Waals surface area (Å²) in [6.45, 7) is 6.34. The Balaban J connectivity index is 1.53. The second-order valence-electron chi connectivity index (χ2n) is 8.71. The van der Waals surface area contributed by atoms with Crippen LogP contribution >= 0.6 is 0 Å². The molecule has 0 radical (unpaired) electrons. The molecular formula is C19H30N4O5S2. The van der Waals surface area contributed by atoms with E-state index in [0.717, 1.165) is 0 Å². The minimum absolute atomic E-state index is 0.160. The number of hydrogen-bond donors (Lipinski definition) is 2. The van der Waals surface area contributed by atoms with E-state index in [1.54, 1.807) is 49.9 Å². The number of rotatable bonds is 4. The predicted octanol–water partition coefficient (Wildman–Crippen LogP) is 1.94. The van der Waals surface area contributed by atoms with Gasteiger partial charge in [0.25, 0.3) is 0 Å². The summed E-state index contributed by atoms with van der Waals surface area (Å²) >= 11 is 0. The van der Waals surface area contributed by atoms with E-state index < -0.39 is 24.8 Å². The Labute approximate surface area is 178 Å². The molecule has 0 atom stereocenters. The fraction of sp³-hybridized carbons (Fsp3) is 0.632. The summed E-state index contributed by atoms with van der Waals surface area (Å²) in [4.78, 5) is 14.2. The molecule has 0 aromatic heterocycles. The molecule has 0 spiro atoms. The molecule has 2 amide bonds. The van der Waals surface area contributed by atoms with Crippen LogP contribution in [0.5, 0.6) is 0 Å². The van der Waals surface area contributed by atoms with Gasteiger partial charge in [-0.3, -0.25) is 4.31 Å². The lowest BCUT2D eigenvalue weighted by molar-refractivity contribution is 0.193. The summed E-state index contributed by atoms with van der Waals surface area (Å²) < 4.78 is 51.9. The second kappa shape index (κ2) is 8.35. The van der Waals surface area contributed by atoms with Gasteiger partial charge in [0.05, 0.1) is 16.2 Å². The number of nitrogens with zero attached hydrogens (tertiary/aromatic N) is 2. The highest BCUT2D eigenvalue weighted by Gasteiger charge is 2.33. The van der Waals surface area contributed by atoms with Crippen molar-refractivity contribution >= 4 is 37.5 Å². The van der Waals surface area contributed by atoms with Crippen LogP contribution < -0.4 is 14.3 Å². The van der Waals surface area contributed by atoms with Crippen molar-refractivity contribution in [1.29, 1.82) is 0 Å². The first-order chi connectivity index (χ1) is 13.9. The van der Waals surface area contributed by atoms with Crippen molar-refractivity contribution < 1.29 is 21.6 Å². The van der Waals surface area contributed by atoms with Crippen LogP contribution in [-0.4, -0.2) is 63.9 Å². The van der Waals surface area contributed by atoms with Crippen LogP contribution in [0.15, 0.2) is 24.3 Å². The summed E-state index contributed by atoms with van der Waals surface area (Å²) in [5, 5.41) is 2.82. The molecule has 2 N–H and O–H groups in total. The maximum atomic E-state index is 12.5. The van der Waals surface area contributed by atoms with Gasteiger partial charge in [-0.2, -0.15) is 0 Å². The minimum atomic E-state index is -3.42. The predicted molar refractivity (Wildman–Crippen MR) is 118 cm³/mol. The molecular weight excluding hydrogens is 428 g/mol. The van der Waals surface area contributed by atoms with E-state index in [4.69, 9.17) is 0 Å². The summed E-state index contributed by atoms with van der Waals surface area (Å²) in [6, 6.07) is 6.31. The number of amides is 2. The number of carbonyl (C=O) groups is 1. The van der Waals surface area contributed by atoms with Gasteiger partial charge < -0.3 is 10.2 Å². The minimum Gasteiger partial charge on any atom is -0.324 e. The second-order valence-corrected chi connectivity index (χ2v) is 13.2. The van der Waals surface area contributed by atoms with Crippen molar-refractivity contribution in [2.24, 2.45) is 0 Å². The lowest BCUT2D eigenvalue weighted by Crippen LogP contribution is -2.50. The van der Waals surface area contributed by atoms with E-state index in [9.17, 15) is 21.6 Å². The fourth-order valence-electron chi connectivity index (χ4n) is 3.44. The Bertz CT molecular complexity index is 977. The van der Waals surface area contributed by atoms with Crippen molar-refractivity contribution in [3.8, 4) is 0 Å². The molecule has 2 aliphatic rings. The molecule has 0 bridgehead atoms. The van der Waals surface area contributed by atoms with Gasteiger partial charge >= 0.3 is 6.03 Å². The number of benzene rings is 1. The molecule has 0 aliphatic carbocycles. The van der Waals surface area contributed by atoms with E-state index >= 15 is 0 Å². The summed E-state index contributed by atoms with van der Waals surface area (Å²) in [5.41, 5.74) is 1.17. The number of piperidine rings is 1. The molecule has 0 unspecified atom stereocenters. The number of anilines is 2. The van der Waals surface area contributed by atoms with E-state index in [0.29, 0.717) is 50.3 Å². The van der Waals surface area contributed by atoms with Crippen molar-refractivity contribution in [2.45, 2.75) is 50.8 Å². The molecule has 1 aromatic rings. The molecule has 30 heavy (non-hydrogen) atoms. The smallest absolute Gasteiger partial charge is 0.321 e. The molecule has 2 saturated heterocycles. The average molecular weight is 459 g/mol. The normalized spacial score (nSPS) is 20.4. The molecule has 2 aliphatic heterocycles. The van der Waals surface area contributed by atoms with Gasteiger partial charge in [-0.15, -0.1) is 0 Å². The first kappa shape index (κ1) is 22.8. The highest BCUT2D eigenvalue weighted by atomic mass is 32.2. The van der Waals surface area contributed by atoms with Crippen molar-refractivity contribution in [2.75, 3.05) is 35.0 Å². The van der Waals surface area contributed by atoms with Gasteiger partial charge in [-0.25, -0.2) is 26.4 Å². The van der Waals surface area contributed by atoms with E-state index in [1.165, 1.54) is 4.31 Å². The number of urea groups is 1. The average Bonchev–Trinajstić information content (AvgIpc) is 3.01. The van der Waals surface area contributed by atoms with Crippen LogP contribution in [0.3, 0.4) is 0 Å². The van der Waals surface area contributed by atoms with E-state index in [-0.39, 0.29) is 17.8 Å². The van der Waals surface area contributed by atoms with Gasteiger partial charge in [-0.1, -0.05) is 0 Å². The SMILES string of the molecule is CC(C)(C)S(=O)(=O)NC1CCN(C(=O)Nc2ccc(N3CCCS3(=O)=O)cc2)CC1. The summed E-state index contributed by atoms with van der Waals surface area (Å²) in [7, 11) is -6.65. The first-order valence-electron chi connectivity index (χ1n) is 10.1. The van der Waals surface area contributed by atoms with Gasteiger partial charge in [0.2, 0.25) is 20.0 Å². The summed E-state index contributed by atoms with van der Waals surface area (Å²) in [5.74, 6) is 0.160. The van der Waals surface area contributed by atoms with Gasteiger partial charge in [0, 0.05) is 31.4 Å². The third kappa shape index (κ3) is 5.06. The van der Waals surface area contributed by atoms with Gasteiger partial charge in [-0.05, 0) is 64.3 Å². The van der Waals surface area contributed by atoms with Crippen LogP contribution in [0.25, 0.3) is 0 Å². The topological polar surface area (TPSA) is 116 Å². The number of hydrogen-bond acceptors (Lipinski definition) is 5. The van der Waals surface area contributed by atoms with Crippen LogP contribution in [0, 0.1) is 0 Å². The third-order valence-electron chi connectivity index (χ3n) is 5.42. The van der Waals surface area contributed by atoms with Crippen LogP contribution in [0.2, 0.25) is 0 Å². The summed E-state index contributed by atoms with van der Waals surface area (Å²) in [6.07, 6.45) is 1.71. The van der Waals surface area contributed by atoms with Crippen LogP contribution in [0.4, 0.5) is 16.2 Å².